The lowest BCUT2D eigenvalue weighted by Gasteiger charge is -2.10. The van der Waals surface area contributed by atoms with Gasteiger partial charge in [-0.1, -0.05) is 48.6 Å². The number of nitrogens with zero attached hydrogens (tertiary/aromatic N) is 1. The molecule has 0 aliphatic carbocycles. The van der Waals surface area contributed by atoms with Gasteiger partial charge in [-0.15, -0.1) is 0 Å². The van der Waals surface area contributed by atoms with E-state index in [2.05, 4.69) is 28.5 Å². The summed E-state index contributed by atoms with van der Waals surface area (Å²) in [4.78, 5) is 4.43. The van der Waals surface area contributed by atoms with Crippen LogP contribution >= 0.6 is 12.2 Å². The molecule has 3 rings (SSSR count). The summed E-state index contributed by atoms with van der Waals surface area (Å²) in [6.07, 6.45) is 1.70. The zero-order chi connectivity index (χ0) is 13.9. The number of nitrogens with one attached hydrogen (secondary N) is 1. The van der Waals surface area contributed by atoms with E-state index >= 15 is 0 Å². The standard InChI is InChI=1S/C16H13N3S/c17-16(20)15-10-12(8-9-18-15)19-14-7-3-5-11-4-1-2-6-13(11)14/h1-10H,(H2,17,20)(H,18,19). The number of fused-ring (bicyclic) bond motifs is 1. The first-order valence-electron chi connectivity index (χ1n) is 6.25. The van der Waals surface area contributed by atoms with Crippen LogP contribution in [-0.2, 0) is 0 Å². The van der Waals surface area contributed by atoms with E-state index in [1.807, 2.05) is 36.4 Å². The number of pyridine rings is 1. The highest BCUT2D eigenvalue weighted by atomic mass is 32.1. The Labute approximate surface area is 122 Å². The summed E-state index contributed by atoms with van der Waals surface area (Å²) in [7, 11) is 0. The van der Waals surface area contributed by atoms with Crippen LogP contribution in [0.1, 0.15) is 5.69 Å². The molecule has 0 aliphatic rings. The molecule has 0 saturated carbocycles. The maximum absolute atomic E-state index is 5.61. The van der Waals surface area contributed by atoms with Gasteiger partial charge in [0.05, 0.1) is 5.69 Å². The lowest BCUT2D eigenvalue weighted by molar-refractivity contribution is 1.29. The van der Waals surface area contributed by atoms with Gasteiger partial charge in [-0.05, 0) is 23.6 Å². The van der Waals surface area contributed by atoms with E-state index in [1.54, 1.807) is 6.20 Å². The van der Waals surface area contributed by atoms with E-state index in [9.17, 15) is 0 Å². The largest absolute Gasteiger partial charge is 0.388 e. The van der Waals surface area contributed by atoms with Crippen molar-refractivity contribution in [2.45, 2.75) is 0 Å². The highest BCUT2D eigenvalue weighted by Crippen LogP contribution is 2.26. The molecule has 1 aromatic heterocycles. The highest BCUT2D eigenvalue weighted by molar-refractivity contribution is 7.80. The number of thiocarbonyl (C=S) groups is 1. The molecule has 20 heavy (non-hydrogen) atoms. The molecule has 3 aromatic rings. The molecule has 0 saturated heterocycles. The molecule has 2 aromatic carbocycles. The molecule has 0 spiro atoms. The summed E-state index contributed by atoms with van der Waals surface area (Å²) in [6.45, 7) is 0. The molecule has 3 N–H and O–H groups in total. The molecule has 1 heterocycles. The van der Waals surface area contributed by atoms with Crippen LogP contribution in [0.3, 0.4) is 0 Å². The maximum Gasteiger partial charge on any atom is 0.122 e. The summed E-state index contributed by atoms with van der Waals surface area (Å²) < 4.78 is 0. The van der Waals surface area contributed by atoms with Crippen molar-refractivity contribution in [2.75, 3.05) is 5.32 Å². The van der Waals surface area contributed by atoms with Gasteiger partial charge in [0, 0.05) is 23.0 Å². The normalized spacial score (nSPS) is 10.4. The van der Waals surface area contributed by atoms with E-state index in [0.29, 0.717) is 10.7 Å². The van der Waals surface area contributed by atoms with Crippen molar-refractivity contribution in [3.63, 3.8) is 0 Å². The van der Waals surface area contributed by atoms with Gasteiger partial charge in [0.1, 0.15) is 4.99 Å². The zero-order valence-corrected chi connectivity index (χ0v) is 11.5. The Hall–Kier alpha value is -2.46. The van der Waals surface area contributed by atoms with E-state index in [1.165, 1.54) is 10.8 Å². The molecule has 0 amide bonds. The van der Waals surface area contributed by atoms with Crippen LogP contribution < -0.4 is 11.1 Å². The van der Waals surface area contributed by atoms with Gasteiger partial charge in [-0.3, -0.25) is 4.98 Å². The summed E-state index contributed by atoms with van der Waals surface area (Å²) in [5, 5.41) is 5.75. The summed E-state index contributed by atoms with van der Waals surface area (Å²) in [5.41, 5.74) is 8.18. The number of hydrogen-bond donors (Lipinski definition) is 2. The third-order valence-electron chi connectivity index (χ3n) is 3.08. The maximum atomic E-state index is 5.61. The smallest absolute Gasteiger partial charge is 0.122 e. The Balaban J connectivity index is 2.01. The number of benzene rings is 2. The van der Waals surface area contributed by atoms with Crippen molar-refractivity contribution < 1.29 is 0 Å². The number of anilines is 2. The Morgan fingerprint density at radius 2 is 1.85 bits per heavy atom. The topological polar surface area (TPSA) is 50.9 Å². The quantitative estimate of drug-likeness (QED) is 0.719. The van der Waals surface area contributed by atoms with Gasteiger partial charge in [0.25, 0.3) is 0 Å². The van der Waals surface area contributed by atoms with Gasteiger partial charge in [0.15, 0.2) is 0 Å². The minimum atomic E-state index is 0.298. The fraction of sp³-hybridized carbons (Fsp3) is 0. The van der Waals surface area contributed by atoms with E-state index in [4.69, 9.17) is 18.0 Å². The Kier molecular flexibility index (Phi) is 3.31. The first-order chi connectivity index (χ1) is 9.74. The first kappa shape index (κ1) is 12.6. The van der Waals surface area contributed by atoms with Crippen LogP contribution in [0.25, 0.3) is 10.8 Å². The van der Waals surface area contributed by atoms with Crippen LogP contribution in [0.4, 0.5) is 11.4 Å². The van der Waals surface area contributed by atoms with Crippen LogP contribution in [0.5, 0.6) is 0 Å². The van der Waals surface area contributed by atoms with E-state index < -0.39 is 0 Å². The van der Waals surface area contributed by atoms with Crippen molar-refractivity contribution in [3.05, 3.63) is 66.5 Å². The Morgan fingerprint density at radius 1 is 1.05 bits per heavy atom. The van der Waals surface area contributed by atoms with Gasteiger partial charge in [0.2, 0.25) is 0 Å². The number of nitrogens with two attached hydrogens (primary N) is 1. The van der Waals surface area contributed by atoms with Gasteiger partial charge in [-0.2, -0.15) is 0 Å². The van der Waals surface area contributed by atoms with Crippen molar-refractivity contribution in [2.24, 2.45) is 5.73 Å². The SMILES string of the molecule is NC(=S)c1cc(Nc2cccc3ccccc23)ccn1. The first-order valence-corrected chi connectivity index (χ1v) is 6.65. The molecule has 4 heteroatoms. The predicted molar refractivity (Wildman–Crippen MR) is 87.4 cm³/mol. The third kappa shape index (κ3) is 2.46. The van der Waals surface area contributed by atoms with Gasteiger partial charge in [-0.25, -0.2) is 0 Å². The van der Waals surface area contributed by atoms with Crippen LogP contribution in [0.2, 0.25) is 0 Å². The second-order valence-corrected chi connectivity index (χ2v) is 4.89. The van der Waals surface area contributed by atoms with E-state index in [0.717, 1.165) is 11.4 Å². The lowest BCUT2D eigenvalue weighted by atomic mass is 10.1. The fourth-order valence-corrected chi connectivity index (χ4v) is 2.24. The number of aromatic nitrogens is 1. The highest BCUT2D eigenvalue weighted by Gasteiger charge is 2.03. The lowest BCUT2D eigenvalue weighted by Crippen LogP contribution is -2.11. The minimum Gasteiger partial charge on any atom is -0.388 e. The van der Waals surface area contributed by atoms with Gasteiger partial charge >= 0.3 is 0 Å². The van der Waals surface area contributed by atoms with Crippen LogP contribution in [0, 0.1) is 0 Å². The monoisotopic (exact) mass is 279 g/mol. The molecule has 0 fully saturated rings. The summed E-state index contributed by atoms with van der Waals surface area (Å²) >= 11 is 4.95. The minimum absolute atomic E-state index is 0.298. The zero-order valence-electron chi connectivity index (χ0n) is 10.7. The molecule has 3 nitrogen and oxygen atoms in total. The number of hydrogen-bond acceptors (Lipinski definition) is 3. The second kappa shape index (κ2) is 5.27. The Morgan fingerprint density at radius 3 is 2.70 bits per heavy atom. The van der Waals surface area contributed by atoms with Crippen LogP contribution in [-0.4, -0.2) is 9.97 Å². The van der Waals surface area contributed by atoms with Crippen molar-refractivity contribution in [3.8, 4) is 0 Å². The summed E-state index contributed by atoms with van der Waals surface area (Å²) in [6, 6.07) is 18.1. The van der Waals surface area contributed by atoms with E-state index in [-0.39, 0.29) is 0 Å². The van der Waals surface area contributed by atoms with Gasteiger partial charge < -0.3 is 11.1 Å². The summed E-state index contributed by atoms with van der Waals surface area (Å²) in [5.74, 6) is 0. The predicted octanol–water partition coefficient (Wildman–Crippen LogP) is 3.61. The molecule has 0 atom stereocenters. The molecule has 0 radical (unpaired) electrons. The van der Waals surface area contributed by atoms with Crippen molar-refractivity contribution in [1.29, 1.82) is 0 Å². The fourth-order valence-electron chi connectivity index (χ4n) is 2.13. The third-order valence-corrected chi connectivity index (χ3v) is 3.29. The second-order valence-electron chi connectivity index (χ2n) is 4.45. The average molecular weight is 279 g/mol. The number of rotatable bonds is 3. The molecule has 0 bridgehead atoms. The van der Waals surface area contributed by atoms with Crippen LogP contribution in [0.15, 0.2) is 60.8 Å². The molecule has 0 unspecified atom stereocenters. The van der Waals surface area contributed by atoms with Crippen molar-refractivity contribution >= 4 is 39.4 Å². The Bertz CT molecular complexity index is 778. The molecule has 98 valence electrons. The van der Waals surface area contributed by atoms with Crippen molar-refractivity contribution in [1.82, 2.24) is 4.98 Å². The molecule has 0 aliphatic heterocycles. The molecular formula is C16H13N3S. The average Bonchev–Trinajstić information content (AvgIpc) is 2.48. The molecular weight excluding hydrogens is 266 g/mol.